The average Bonchev–Trinajstić information content (AvgIpc) is 2.82. The summed E-state index contributed by atoms with van der Waals surface area (Å²) in [5.41, 5.74) is 5.79. The van der Waals surface area contributed by atoms with Crippen LogP contribution in [0.5, 0.6) is 0 Å². The smallest absolute Gasteiger partial charge is 0.304 e. The monoisotopic (exact) mass is 328 g/mol. The molecule has 2 N–H and O–H groups in total. The van der Waals surface area contributed by atoms with Crippen molar-refractivity contribution in [1.29, 1.82) is 0 Å². The van der Waals surface area contributed by atoms with E-state index in [2.05, 4.69) is 4.98 Å². The summed E-state index contributed by atoms with van der Waals surface area (Å²) in [7, 11) is -2.44. The second-order valence-corrected chi connectivity index (χ2v) is 7.55. The molecule has 0 aliphatic carbocycles. The zero-order chi connectivity index (χ0) is 15.6. The maximum atomic E-state index is 12.4. The van der Waals surface area contributed by atoms with E-state index in [0.717, 1.165) is 10.4 Å². The minimum atomic E-state index is -3.83. The van der Waals surface area contributed by atoms with E-state index in [4.69, 9.17) is 5.73 Å². The number of anilines is 1. The molecule has 0 spiro atoms. The summed E-state index contributed by atoms with van der Waals surface area (Å²) in [5.74, 6) is 0. The third kappa shape index (κ3) is 3.17. The molecule has 0 radical (unpaired) electrons. The lowest BCUT2D eigenvalue weighted by molar-refractivity contribution is -0.383. The molecule has 2 aromatic rings. The van der Waals surface area contributed by atoms with Gasteiger partial charge in [-0.25, -0.2) is 8.42 Å². The number of hydrogen-bond donors (Lipinski definition) is 1. The molecule has 0 saturated carbocycles. The predicted octanol–water partition coefficient (Wildman–Crippen LogP) is 1.45. The minimum absolute atomic E-state index is 0.113. The molecule has 112 valence electrons. The molecule has 0 saturated heterocycles. The van der Waals surface area contributed by atoms with Crippen LogP contribution in [0.25, 0.3) is 0 Å². The summed E-state index contributed by atoms with van der Waals surface area (Å²) >= 11 is 0.679. The second kappa shape index (κ2) is 5.76. The summed E-state index contributed by atoms with van der Waals surface area (Å²) < 4.78 is 25.7. The van der Waals surface area contributed by atoms with Crippen LogP contribution in [0.1, 0.15) is 5.56 Å². The molecule has 0 aliphatic heterocycles. The number of sulfonamides is 1. The van der Waals surface area contributed by atoms with Crippen LogP contribution >= 0.6 is 11.3 Å². The summed E-state index contributed by atoms with van der Waals surface area (Å²) in [6.45, 7) is 0.113. The fraction of sp³-hybridized carbons (Fsp3) is 0.182. The number of rotatable bonds is 5. The molecule has 21 heavy (non-hydrogen) atoms. The van der Waals surface area contributed by atoms with Crippen LogP contribution in [0.2, 0.25) is 0 Å². The zero-order valence-electron chi connectivity index (χ0n) is 11.0. The van der Waals surface area contributed by atoms with Crippen molar-refractivity contribution in [2.24, 2.45) is 0 Å². The van der Waals surface area contributed by atoms with Gasteiger partial charge in [0, 0.05) is 32.1 Å². The van der Waals surface area contributed by atoms with E-state index >= 15 is 0 Å². The molecule has 2 aromatic heterocycles. The van der Waals surface area contributed by atoms with Gasteiger partial charge in [-0.15, -0.1) is 0 Å². The normalized spacial score (nSPS) is 11.7. The maximum Gasteiger partial charge on any atom is 0.304 e. The number of hydrogen-bond acceptors (Lipinski definition) is 7. The van der Waals surface area contributed by atoms with Crippen LogP contribution in [0.4, 0.5) is 10.7 Å². The van der Waals surface area contributed by atoms with Crippen molar-refractivity contribution in [3.8, 4) is 0 Å². The quantitative estimate of drug-likeness (QED) is 0.655. The highest BCUT2D eigenvalue weighted by atomic mass is 32.2. The lowest BCUT2D eigenvalue weighted by atomic mass is 10.3. The topological polar surface area (TPSA) is 119 Å². The van der Waals surface area contributed by atoms with Crippen molar-refractivity contribution in [3.05, 3.63) is 46.3 Å². The minimum Gasteiger partial charge on any atom is -0.385 e. The molecule has 0 amide bonds. The Bertz CT molecular complexity index is 758. The lowest BCUT2D eigenvalue weighted by Gasteiger charge is -2.15. The number of nitro groups is 1. The van der Waals surface area contributed by atoms with E-state index in [1.165, 1.54) is 7.05 Å². The van der Waals surface area contributed by atoms with E-state index in [-0.39, 0.29) is 15.8 Å². The Labute approximate surface area is 125 Å². The van der Waals surface area contributed by atoms with Gasteiger partial charge in [0.15, 0.2) is 5.00 Å². The second-order valence-electron chi connectivity index (χ2n) is 4.19. The number of thiophene rings is 1. The summed E-state index contributed by atoms with van der Waals surface area (Å²) in [4.78, 5) is 13.9. The largest absolute Gasteiger partial charge is 0.385 e. The molecular weight excluding hydrogens is 316 g/mol. The Balaban J connectivity index is 2.29. The highest BCUT2D eigenvalue weighted by molar-refractivity contribution is 7.91. The van der Waals surface area contributed by atoms with Crippen molar-refractivity contribution in [2.75, 3.05) is 12.8 Å². The molecule has 8 nitrogen and oxygen atoms in total. The Hall–Kier alpha value is -2.04. The fourth-order valence-electron chi connectivity index (χ4n) is 1.63. The number of nitrogens with two attached hydrogens (primary N) is 1. The summed E-state index contributed by atoms with van der Waals surface area (Å²) in [5, 5.41) is 10.6. The molecule has 2 heterocycles. The van der Waals surface area contributed by atoms with Crippen LogP contribution in [0, 0.1) is 10.1 Å². The third-order valence-corrected chi connectivity index (χ3v) is 5.91. The average molecular weight is 328 g/mol. The van der Waals surface area contributed by atoms with Crippen LogP contribution in [-0.2, 0) is 16.6 Å². The highest BCUT2D eigenvalue weighted by Crippen LogP contribution is 2.35. The Morgan fingerprint density at radius 1 is 1.52 bits per heavy atom. The predicted molar refractivity (Wildman–Crippen MR) is 78.3 cm³/mol. The van der Waals surface area contributed by atoms with Gasteiger partial charge >= 0.3 is 5.69 Å². The van der Waals surface area contributed by atoms with Crippen LogP contribution in [-0.4, -0.2) is 29.7 Å². The van der Waals surface area contributed by atoms with Crippen molar-refractivity contribution in [2.45, 2.75) is 10.8 Å². The van der Waals surface area contributed by atoms with E-state index in [9.17, 15) is 18.5 Å². The van der Waals surface area contributed by atoms with Crippen molar-refractivity contribution in [3.63, 3.8) is 0 Å². The van der Waals surface area contributed by atoms with Gasteiger partial charge < -0.3 is 5.73 Å². The summed E-state index contributed by atoms with van der Waals surface area (Å²) in [6, 6.07) is 4.42. The van der Waals surface area contributed by atoms with Gasteiger partial charge in [-0.1, -0.05) is 17.4 Å². The molecule has 0 bridgehead atoms. The van der Waals surface area contributed by atoms with Crippen LogP contribution in [0.15, 0.2) is 34.8 Å². The molecule has 10 heteroatoms. The summed E-state index contributed by atoms with van der Waals surface area (Å²) in [6.07, 6.45) is 3.14. The number of nitrogen functional groups attached to an aromatic ring is 1. The molecule has 0 fully saturated rings. The molecule has 0 aromatic carbocycles. The van der Waals surface area contributed by atoms with E-state index in [1.54, 1.807) is 24.5 Å². The maximum absolute atomic E-state index is 12.4. The zero-order valence-corrected chi connectivity index (χ0v) is 12.6. The van der Waals surface area contributed by atoms with E-state index in [0.29, 0.717) is 16.9 Å². The fourth-order valence-corrected chi connectivity index (χ4v) is 4.21. The molecular formula is C11H12N4O4S2. The van der Waals surface area contributed by atoms with E-state index < -0.39 is 20.6 Å². The first kappa shape index (κ1) is 15.4. The van der Waals surface area contributed by atoms with Gasteiger partial charge in [-0.05, 0) is 11.6 Å². The van der Waals surface area contributed by atoms with Gasteiger partial charge in [-0.2, -0.15) is 4.31 Å². The number of aromatic nitrogens is 1. The van der Waals surface area contributed by atoms with Gasteiger partial charge in [-0.3, -0.25) is 15.1 Å². The van der Waals surface area contributed by atoms with E-state index in [1.807, 2.05) is 0 Å². The molecule has 0 atom stereocenters. The van der Waals surface area contributed by atoms with Crippen molar-refractivity contribution in [1.82, 2.24) is 9.29 Å². The lowest BCUT2D eigenvalue weighted by Crippen LogP contribution is -2.25. The van der Waals surface area contributed by atoms with Gasteiger partial charge in [0.2, 0.25) is 0 Å². The molecule has 0 aliphatic rings. The Morgan fingerprint density at radius 2 is 2.24 bits per heavy atom. The first-order valence-corrected chi connectivity index (χ1v) is 7.97. The number of nitrogens with zero attached hydrogens (tertiary/aromatic N) is 3. The third-order valence-electron chi connectivity index (χ3n) is 2.71. The standard InChI is InChI=1S/C11H12N4O4S2/c1-14(7-8-3-2-4-13-6-8)21(18,19)10-5-9(15(16)17)11(12)20-10/h2-6H,7,12H2,1H3. The van der Waals surface area contributed by atoms with Crippen molar-refractivity contribution < 1.29 is 13.3 Å². The highest BCUT2D eigenvalue weighted by Gasteiger charge is 2.28. The van der Waals surface area contributed by atoms with Crippen LogP contribution in [0.3, 0.4) is 0 Å². The number of pyridine rings is 1. The van der Waals surface area contributed by atoms with Gasteiger partial charge in [0.05, 0.1) is 4.92 Å². The molecule has 2 rings (SSSR count). The molecule has 0 unspecified atom stereocenters. The first-order valence-electron chi connectivity index (χ1n) is 5.71. The van der Waals surface area contributed by atoms with Crippen molar-refractivity contribution >= 4 is 32.0 Å². The Kier molecular flexibility index (Phi) is 4.21. The van der Waals surface area contributed by atoms with Gasteiger partial charge in [0.1, 0.15) is 4.21 Å². The van der Waals surface area contributed by atoms with Gasteiger partial charge in [0.25, 0.3) is 10.0 Å². The SMILES string of the molecule is CN(Cc1cccnc1)S(=O)(=O)c1cc([N+](=O)[O-])c(N)s1. The van der Waals surface area contributed by atoms with Crippen LogP contribution < -0.4 is 5.73 Å². The first-order chi connectivity index (χ1) is 9.82. The Morgan fingerprint density at radius 3 is 2.76 bits per heavy atom.